The van der Waals surface area contributed by atoms with E-state index in [4.69, 9.17) is 0 Å². The van der Waals surface area contributed by atoms with E-state index in [-0.39, 0.29) is 5.91 Å². The van der Waals surface area contributed by atoms with Gasteiger partial charge >= 0.3 is 0 Å². The summed E-state index contributed by atoms with van der Waals surface area (Å²) in [4.78, 5) is 14.4. The molecule has 0 saturated carbocycles. The molecule has 0 fully saturated rings. The summed E-state index contributed by atoms with van der Waals surface area (Å²) < 4.78 is 32.7. The minimum Gasteiger partial charge on any atom is -0.314 e. The third kappa shape index (κ3) is 2.12. The number of benzene rings is 2. The van der Waals surface area contributed by atoms with Crippen molar-refractivity contribution in [2.45, 2.75) is 5.41 Å². The zero-order chi connectivity index (χ0) is 16.0. The first-order chi connectivity index (χ1) is 10.4. The molecule has 1 aliphatic rings. The molecule has 0 aromatic heterocycles. The molecule has 2 aromatic rings. The molecule has 1 atom stereocenters. The van der Waals surface area contributed by atoms with Crippen LogP contribution in [0.5, 0.6) is 0 Å². The fourth-order valence-electron chi connectivity index (χ4n) is 3.14. The van der Waals surface area contributed by atoms with E-state index < -0.39 is 21.3 Å². The molecule has 1 N–H and O–H groups in total. The lowest BCUT2D eigenvalue weighted by molar-refractivity contribution is -0.121. The Bertz CT molecular complexity index is 832. The molecule has 0 bridgehead atoms. The molecule has 6 heteroatoms. The van der Waals surface area contributed by atoms with Gasteiger partial charge in [0.25, 0.3) is 10.1 Å². The molecule has 0 saturated heterocycles. The fourth-order valence-corrected chi connectivity index (χ4v) is 4.13. The third-order valence-corrected chi connectivity index (χ3v) is 4.86. The van der Waals surface area contributed by atoms with Crippen LogP contribution in [0.2, 0.25) is 0 Å². The lowest BCUT2D eigenvalue weighted by Gasteiger charge is -2.27. The van der Waals surface area contributed by atoms with Crippen LogP contribution in [0.1, 0.15) is 11.1 Å². The predicted octanol–water partition coefficient (Wildman–Crippen LogP) is 1.84. The van der Waals surface area contributed by atoms with Crippen molar-refractivity contribution in [2.75, 3.05) is 17.7 Å². The molecule has 1 amide bonds. The summed E-state index contributed by atoms with van der Waals surface area (Å²) in [5.41, 5.74) is 0.376. The van der Waals surface area contributed by atoms with Gasteiger partial charge in [-0.3, -0.25) is 9.35 Å². The maximum Gasteiger partial charge on any atom is 0.266 e. The molecule has 0 radical (unpaired) electrons. The van der Waals surface area contributed by atoms with E-state index in [1.807, 2.05) is 0 Å². The van der Waals surface area contributed by atoms with Gasteiger partial charge in [-0.1, -0.05) is 48.5 Å². The fraction of sp³-hybridized carbons (Fsp3) is 0.188. The van der Waals surface area contributed by atoms with E-state index in [1.165, 1.54) is 4.90 Å². The third-order valence-electron chi connectivity index (χ3n) is 4.06. The molecular formula is C16H15NO4S. The van der Waals surface area contributed by atoms with Gasteiger partial charge in [-0.2, -0.15) is 8.42 Å². The van der Waals surface area contributed by atoms with Gasteiger partial charge in [0.1, 0.15) is 5.41 Å². The minimum atomic E-state index is -4.36. The van der Waals surface area contributed by atoms with E-state index in [0.29, 0.717) is 16.8 Å². The minimum absolute atomic E-state index is 0.363. The zero-order valence-electron chi connectivity index (χ0n) is 11.9. The Labute approximate surface area is 128 Å². The molecule has 3 rings (SSSR count). The molecule has 114 valence electrons. The number of carbonyl (C=O) groups is 1. The number of likely N-dealkylation sites (N-methyl/N-ethyl adjacent to an activating group) is 1. The Morgan fingerprint density at radius 1 is 1.05 bits per heavy atom. The first-order valence-electron chi connectivity index (χ1n) is 6.74. The topological polar surface area (TPSA) is 74.7 Å². The second-order valence-electron chi connectivity index (χ2n) is 5.38. The van der Waals surface area contributed by atoms with Gasteiger partial charge < -0.3 is 4.90 Å². The van der Waals surface area contributed by atoms with E-state index in [0.717, 1.165) is 0 Å². The monoisotopic (exact) mass is 317 g/mol. The number of anilines is 1. The van der Waals surface area contributed by atoms with Crippen LogP contribution in [0.3, 0.4) is 0 Å². The molecular weight excluding hydrogens is 302 g/mol. The highest BCUT2D eigenvalue weighted by atomic mass is 32.2. The van der Waals surface area contributed by atoms with Gasteiger partial charge in [0, 0.05) is 12.7 Å². The smallest absolute Gasteiger partial charge is 0.266 e. The lowest BCUT2D eigenvalue weighted by atomic mass is 9.77. The summed E-state index contributed by atoms with van der Waals surface area (Å²) in [5, 5.41) is 0. The molecule has 1 unspecified atom stereocenters. The Hall–Kier alpha value is -2.18. The summed E-state index contributed by atoms with van der Waals surface area (Å²) in [6.07, 6.45) is 0. The van der Waals surface area contributed by atoms with Crippen LogP contribution in [0.4, 0.5) is 5.69 Å². The van der Waals surface area contributed by atoms with E-state index in [9.17, 15) is 17.8 Å². The van der Waals surface area contributed by atoms with Crippen LogP contribution in [-0.4, -0.2) is 31.7 Å². The van der Waals surface area contributed by atoms with Crippen LogP contribution < -0.4 is 4.90 Å². The number of fused-ring (bicyclic) bond motifs is 1. The second-order valence-corrected chi connectivity index (χ2v) is 6.83. The van der Waals surface area contributed by atoms with Gasteiger partial charge in [-0.25, -0.2) is 0 Å². The Kier molecular flexibility index (Phi) is 3.30. The summed E-state index contributed by atoms with van der Waals surface area (Å²) in [7, 11) is -2.75. The molecule has 1 aliphatic heterocycles. The molecule has 5 nitrogen and oxygen atoms in total. The van der Waals surface area contributed by atoms with E-state index in [2.05, 4.69) is 0 Å². The number of hydrogen-bond acceptors (Lipinski definition) is 3. The first-order valence-corrected chi connectivity index (χ1v) is 8.35. The van der Waals surface area contributed by atoms with Crippen molar-refractivity contribution in [1.29, 1.82) is 0 Å². The number of nitrogens with zero attached hydrogens (tertiary/aromatic N) is 1. The Balaban J connectivity index is 2.34. The van der Waals surface area contributed by atoms with Crippen LogP contribution in [0.25, 0.3) is 0 Å². The van der Waals surface area contributed by atoms with Crippen LogP contribution in [0, 0.1) is 0 Å². The molecule has 0 aliphatic carbocycles. The van der Waals surface area contributed by atoms with Crippen LogP contribution in [0.15, 0.2) is 54.6 Å². The van der Waals surface area contributed by atoms with Crippen molar-refractivity contribution >= 4 is 21.7 Å². The van der Waals surface area contributed by atoms with E-state index in [1.54, 1.807) is 61.6 Å². The average molecular weight is 317 g/mol. The number of carbonyl (C=O) groups excluding carboxylic acids is 1. The maximum absolute atomic E-state index is 12.9. The summed E-state index contributed by atoms with van der Waals surface area (Å²) in [5.74, 6) is -1.04. The summed E-state index contributed by atoms with van der Waals surface area (Å²) in [6, 6.07) is 15.7. The summed E-state index contributed by atoms with van der Waals surface area (Å²) >= 11 is 0. The first kappa shape index (κ1) is 14.7. The summed E-state index contributed by atoms with van der Waals surface area (Å²) in [6.45, 7) is 0. The highest BCUT2D eigenvalue weighted by Crippen LogP contribution is 2.46. The largest absolute Gasteiger partial charge is 0.314 e. The van der Waals surface area contributed by atoms with Gasteiger partial charge in [0.2, 0.25) is 5.91 Å². The number of amides is 1. The number of rotatable bonds is 3. The van der Waals surface area contributed by atoms with Gasteiger partial charge in [0.05, 0.1) is 5.75 Å². The maximum atomic E-state index is 12.9. The highest BCUT2D eigenvalue weighted by molar-refractivity contribution is 7.85. The Morgan fingerprint density at radius 2 is 1.64 bits per heavy atom. The predicted molar refractivity (Wildman–Crippen MR) is 83.5 cm³/mol. The van der Waals surface area contributed by atoms with Gasteiger partial charge in [-0.05, 0) is 17.2 Å². The lowest BCUT2D eigenvalue weighted by Crippen LogP contribution is -2.44. The quantitative estimate of drug-likeness (QED) is 0.877. The second kappa shape index (κ2) is 4.93. The molecule has 2 aromatic carbocycles. The SMILES string of the molecule is CN1C(=O)C(CS(=O)(=O)O)(c2ccccc2)c2ccccc21. The van der Waals surface area contributed by atoms with Crippen molar-refractivity contribution in [2.24, 2.45) is 0 Å². The van der Waals surface area contributed by atoms with Gasteiger partial charge in [0.15, 0.2) is 0 Å². The Morgan fingerprint density at radius 3 is 2.27 bits per heavy atom. The standard InChI is InChI=1S/C16H15NO4S/c1-17-14-10-6-5-9-13(14)16(15(17)18,11-22(19,20)21)12-7-3-2-4-8-12/h2-10H,11H2,1H3,(H,19,20,21). The highest BCUT2D eigenvalue weighted by Gasteiger charge is 2.53. The van der Waals surface area contributed by atoms with Crippen molar-refractivity contribution in [3.8, 4) is 0 Å². The van der Waals surface area contributed by atoms with Crippen molar-refractivity contribution in [3.05, 3.63) is 65.7 Å². The number of hydrogen-bond donors (Lipinski definition) is 1. The molecule has 22 heavy (non-hydrogen) atoms. The average Bonchev–Trinajstić information content (AvgIpc) is 2.70. The normalized spacial score (nSPS) is 21.0. The zero-order valence-corrected chi connectivity index (χ0v) is 12.7. The van der Waals surface area contributed by atoms with Crippen LogP contribution >= 0.6 is 0 Å². The number of para-hydroxylation sites is 1. The molecule has 0 spiro atoms. The molecule has 1 heterocycles. The van der Waals surface area contributed by atoms with Crippen molar-refractivity contribution in [3.63, 3.8) is 0 Å². The van der Waals surface area contributed by atoms with Gasteiger partial charge in [-0.15, -0.1) is 0 Å². The van der Waals surface area contributed by atoms with Crippen molar-refractivity contribution < 1.29 is 17.8 Å². The van der Waals surface area contributed by atoms with E-state index >= 15 is 0 Å². The van der Waals surface area contributed by atoms with Crippen molar-refractivity contribution in [1.82, 2.24) is 0 Å². The van der Waals surface area contributed by atoms with Crippen LogP contribution in [-0.2, 0) is 20.3 Å².